The minimum atomic E-state index is -4.56. The average molecular weight is 548 g/mol. The van der Waals surface area contributed by atoms with E-state index in [2.05, 4.69) is 0 Å². The molecule has 200 valence electrons. The Bertz CT molecular complexity index is 1540. The van der Waals surface area contributed by atoms with E-state index in [0.29, 0.717) is 34.4 Å². The lowest BCUT2D eigenvalue weighted by molar-refractivity contribution is -0.131. The second kappa shape index (κ2) is 10.8. The number of aliphatic hydroxyl groups excluding tert-OH is 1. The number of carbonyl (C=O) groups is 1. The lowest BCUT2D eigenvalue weighted by atomic mass is 9.77. The number of phenolic OH excluding ortho intramolecular Hbond substituents is 1. The predicted molar refractivity (Wildman–Crippen MR) is 146 cm³/mol. The second-order valence-electron chi connectivity index (χ2n) is 9.57. The number of hydrogen-bond acceptors (Lipinski definition) is 4. The summed E-state index contributed by atoms with van der Waals surface area (Å²) in [4.78, 5) is 34.5. The molecular weight excluding hydrogens is 520 g/mol. The number of phenols is 1. The van der Waals surface area contributed by atoms with Crippen LogP contribution in [0.4, 0.5) is 10.1 Å². The molecule has 3 atom stereocenters. The highest BCUT2D eigenvalue weighted by molar-refractivity contribution is 7.60. The van der Waals surface area contributed by atoms with E-state index in [1.165, 1.54) is 42.5 Å². The molecule has 1 fully saturated rings. The van der Waals surface area contributed by atoms with Crippen molar-refractivity contribution in [3.8, 4) is 16.9 Å². The molecule has 1 aliphatic heterocycles. The Balaban J connectivity index is 1.46. The van der Waals surface area contributed by atoms with Gasteiger partial charge in [0.25, 0.3) is 0 Å². The van der Waals surface area contributed by atoms with Crippen molar-refractivity contribution in [2.75, 3.05) is 4.90 Å². The average Bonchev–Trinajstić information content (AvgIpc) is 2.92. The molecule has 1 amide bonds. The summed E-state index contributed by atoms with van der Waals surface area (Å²) >= 11 is 0. The monoisotopic (exact) mass is 547 g/mol. The quantitative estimate of drug-likeness (QED) is 0.178. The molecule has 7 nitrogen and oxygen atoms in total. The van der Waals surface area contributed by atoms with E-state index in [9.17, 15) is 33.7 Å². The van der Waals surface area contributed by atoms with Crippen molar-refractivity contribution < 1.29 is 33.7 Å². The molecule has 9 heteroatoms. The van der Waals surface area contributed by atoms with Crippen molar-refractivity contribution >= 4 is 24.5 Å². The Kier molecular flexibility index (Phi) is 7.38. The van der Waals surface area contributed by atoms with Crippen molar-refractivity contribution in [2.45, 2.75) is 25.0 Å². The summed E-state index contributed by atoms with van der Waals surface area (Å²) < 4.78 is 25.3. The van der Waals surface area contributed by atoms with Crippen LogP contribution < -0.4 is 10.2 Å². The first-order valence-corrected chi connectivity index (χ1v) is 14.1. The number of anilines is 1. The van der Waals surface area contributed by atoms with Gasteiger partial charge in [-0.05, 0) is 65.9 Å². The Labute approximate surface area is 225 Å². The zero-order valence-electron chi connectivity index (χ0n) is 20.8. The number of halogens is 1. The number of aliphatic hydroxyl groups is 1. The van der Waals surface area contributed by atoms with Crippen LogP contribution in [-0.2, 0) is 9.36 Å². The van der Waals surface area contributed by atoms with Crippen molar-refractivity contribution in [3.63, 3.8) is 0 Å². The molecule has 0 saturated carbocycles. The van der Waals surface area contributed by atoms with Crippen molar-refractivity contribution in [3.05, 3.63) is 114 Å². The van der Waals surface area contributed by atoms with E-state index in [4.69, 9.17) is 0 Å². The molecule has 0 spiro atoms. The Hall–Kier alpha value is -3.81. The molecule has 4 N–H and O–H groups in total. The van der Waals surface area contributed by atoms with Gasteiger partial charge in [-0.25, -0.2) is 4.39 Å². The zero-order chi connectivity index (χ0) is 27.7. The Morgan fingerprint density at radius 1 is 0.897 bits per heavy atom. The first-order valence-electron chi connectivity index (χ1n) is 12.4. The van der Waals surface area contributed by atoms with Crippen LogP contribution >= 0.6 is 7.60 Å². The van der Waals surface area contributed by atoms with Gasteiger partial charge in [-0.3, -0.25) is 9.36 Å². The van der Waals surface area contributed by atoms with E-state index in [-0.39, 0.29) is 23.4 Å². The van der Waals surface area contributed by atoms with Gasteiger partial charge in [0.05, 0.1) is 23.4 Å². The maximum absolute atomic E-state index is 13.3. The van der Waals surface area contributed by atoms with E-state index in [0.717, 1.165) is 0 Å². The second-order valence-corrected chi connectivity index (χ2v) is 11.1. The van der Waals surface area contributed by atoms with Crippen LogP contribution in [0.25, 0.3) is 11.1 Å². The van der Waals surface area contributed by atoms with Crippen LogP contribution in [0.2, 0.25) is 0 Å². The molecule has 39 heavy (non-hydrogen) atoms. The molecule has 1 aliphatic rings. The van der Waals surface area contributed by atoms with Gasteiger partial charge in [0, 0.05) is 11.3 Å². The van der Waals surface area contributed by atoms with Crippen LogP contribution in [0.5, 0.6) is 5.75 Å². The molecule has 0 aliphatic carbocycles. The third-order valence-electron chi connectivity index (χ3n) is 7.13. The van der Waals surface area contributed by atoms with Gasteiger partial charge in [-0.15, -0.1) is 0 Å². The van der Waals surface area contributed by atoms with Crippen LogP contribution in [0, 0.1) is 11.7 Å². The first-order chi connectivity index (χ1) is 18.6. The number of rotatable bonds is 8. The highest BCUT2D eigenvalue weighted by atomic mass is 31.2. The molecule has 0 bridgehead atoms. The van der Waals surface area contributed by atoms with Gasteiger partial charge in [0.1, 0.15) is 11.6 Å². The zero-order valence-corrected chi connectivity index (χ0v) is 21.7. The first kappa shape index (κ1) is 26.8. The topological polar surface area (TPSA) is 118 Å². The summed E-state index contributed by atoms with van der Waals surface area (Å²) in [6.07, 6.45) is -0.298. The summed E-state index contributed by atoms with van der Waals surface area (Å²) in [7, 11) is -4.56. The van der Waals surface area contributed by atoms with E-state index >= 15 is 0 Å². The number of amides is 1. The normalized spacial score (nSPS) is 18.1. The van der Waals surface area contributed by atoms with Gasteiger partial charge in [-0.2, -0.15) is 0 Å². The largest absolute Gasteiger partial charge is 0.508 e. The highest BCUT2D eigenvalue weighted by Crippen LogP contribution is 2.49. The maximum atomic E-state index is 13.3. The summed E-state index contributed by atoms with van der Waals surface area (Å²) in [6, 6.07) is 25.0. The Morgan fingerprint density at radius 3 is 2.23 bits per heavy atom. The molecule has 1 saturated heterocycles. The van der Waals surface area contributed by atoms with Gasteiger partial charge in [0.15, 0.2) is 0 Å². The fraction of sp³-hybridized carbons (Fsp3) is 0.167. The van der Waals surface area contributed by atoms with Gasteiger partial charge in [0.2, 0.25) is 5.91 Å². The summed E-state index contributed by atoms with van der Waals surface area (Å²) in [5.74, 6) is -1.19. The molecule has 4 aromatic rings. The molecule has 5 rings (SSSR count). The molecule has 1 heterocycles. The SMILES string of the molecule is O=C1C(CCC(O)c2ccc(F)cc2)C(c2ccc(-c3ccccc3P(=O)(O)O)cc2O)N1c1ccccc1. The maximum Gasteiger partial charge on any atom is 0.356 e. The van der Waals surface area contributed by atoms with E-state index < -0.39 is 31.5 Å². The van der Waals surface area contributed by atoms with Crippen molar-refractivity contribution in [1.82, 2.24) is 0 Å². The lowest BCUT2D eigenvalue weighted by Crippen LogP contribution is -2.55. The van der Waals surface area contributed by atoms with Gasteiger partial charge < -0.3 is 24.9 Å². The van der Waals surface area contributed by atoms with Gasteiger partial charge in [-0.1, -0.05) is 60.7 Å². The van der Waals surface area contributed by atoms with Crippen LogP contribution in [0.3, 0.4) is 0 Å². The van der Waals surface area contributed by atoms with Crippen LogP contribution in [0.1, 0.15) is 36.1 Å². The van der Waals surface area contributed by atoms with Crippen LogP contribution in [0.15, 0.2) is 97.1 Å². The molecule has 3 unspecified atom stereocenters. The fourth-order valence-electron chi connectivity index (χ4n) is 5.18. The summed E-state index contributed by atoms with van der Waals surface area (Å²) in [5.41, 5.74) is 2.43. The minimum Gasteiger partial charge on any atom is -0.508 e. The van der Waals surface area contributed by atoms with Crippen molar-refractivity contribution in [2.24, 2.45) is 5.92 Å². The summed E-state index contributed by atoms with van der Waals surface area (Å²) in [5, 5.41) is 21.6. The third kappa shape index (κ3) is 5.37. The standard InChI is InChI=1S/C30H27FNO6P/c31-21-13-10-19(11-14-21)26(33)17-16-25-29(32(30(25)35)22-6-2-1-3-7-22)24-15-12-20(18-27(24)34)23-8-4-5-9-28(23)39(36,37)38/h1-15,18,25-26,29,33-34H,16-17H2,(H2,36,37,38). The van der Waals surface area contributed by atoms with Gasteiger partial charge >= 0.3 is 7.60 Å². The predicted octanol–water partition coefficient (Wildman–Crippen LogP) is 5.22. The molecule has 0 radical (unpaired) electrons. The number of benzene rings is 4. The molecule has 4 aromatic carbocycles. The van der Waals surface area contributed by atoms with E-state index in [1.54, 1.807) is 41.3 Å². The minimum absolute atomic E-state index is 0.115. The molecule has 0 aromatic heterocycles. The highest BCUT2D eigenvalue weighted by Gasteiger charge is 2.49. The molecular formula is C30H27FNO6P. The lowest BCUT2D eigenvalue weighted by Gasteiger charge is -2.48. The fourth-order valence-corrected chi connectivity index (χ4v) is 5.98. The van der Waals surface area contributed by atoms with E-state index in [1.807, 2.05) is 18.2 Å². The number of nitrogens with zero attached hydrogens (tertiary/aromatic N) is 1. The number of hydrogen-bond donors (Lipinski definition) is 4. The number of aromatic hydroxyl groups is 1. The Morgan fingerprint density at radius 2 is 1.56 bits per heavy atom. The summed E-state index contributed by atoms with van der Waals surface area (Å²) in [6.45, 7) is 0. The number of β-lactam (4-membered cyclic amide) rings is 1. The third-order valence-corrected chi connectivity index (χ3v) is 8.15. The van der Waals surface area contributed by atoms with Crippen molar-refractivity contribution in [1.29, 1.82) is 0 Å². The smallest absolute Gasteiger partial charge is 0.356 e. The van der Waals surface area contributed by atoms with Crippen LogP contribution in [-0.4, -0.2) is 25.9 Å². The number of carbonyl (C=O) groups excluding carboxylic acids is 1. The number of para-hydroxylation sites is 1.